The molecule has 0 amide bonds. The van der Waals surface area contributed by atoms with Gasteiger partial charge >= 0.3 is 0 Å². The number of rotatable bonds is 3. The van der Waals surface area contributed by atoms with Crippen molar-refractivity contribution in [1.29, 1.82) is 0 Å². The Kier molecular flexibility index (Phi) is 6.29. The highest BCUT2D eigenvalue weighted by molar-refractivity contribution is 7.12. The molecule has 29 heavy (non-hydrogen) atoms. The maximum Gasteiger partial charge on any atom is 0.204 e. The van der Waals surface area contributed by atoms with Crippen LogP contribution in [0.15, 0.2) is 41.4 Å². The average molecular weight is 487 g/mol. The number of nitrogens with zero attached hydrogens (tertiary/aromatic N) is 3. The van der Waals surface area contributed by atoms with Crippen molar-refractivity contribution < 1.29 is 0 Å². The van der Waals surface area contributed by atoms with Crippen LogP contribution in [0.1, 0.15) is 37.7 Å². The van der Waals surface area contributed by atoms with E-state index in [0.717, 1.165) is 46.6 Å². The SMILES string of the molecule is Cn1nc(-c2cc(Cl)cc(Cl)c2)sc1=NC1(c2cc(Cl)cc(Cl)c2)CCCCC1. The molecule has 0 saturated heterocycles. The highest BCUT2D eigenvalue weighted by atomic mass is 35.5. The molecule has 1 saturated carbocycles. The molecule has 1 aliphatic carbocycles. The molecule has 0 radical (unpaired) electrons. The smallest absolute Gasteiger partial charge is 0.204 e. The van der Waals surface area contributed by atoms with E-state index in [4.69, 9.17) is 51.4 Å². The van der Waals surface area contributed by atoms with E-state index in [2.05, 4.69) is 5.10 Å². The van der Waals surface area contributed by atoms with Gasteiger partial charge in [-0.1, -0.05) is 77.0 Å². The monoisotopic (exact) mass is 485 g/mol. The summed E-state index contributed by atoms with van der Waals surface area (Å²) in [7, 11) is 1.91. The first kappa shape index (κ1) is 21.2. The molecule has 3 aromatic rings. The van der Waals surface area contributed by atoms with Crippen LogP contribution in [-0.4, -0.2) is 9.78 Å². The Labute approximate surface area is 193 Å². The molecule has 1 fully saturated rings. The fourth-order valence-corrected chi connectivity index (χ4v) is 5.87. The first-order chi connectivity index (χ1) is 13.8. The Morgan fingerprint density at radius 2 is 1.41 bits per heavy atom. The van der Waals surface area contributed by atoms with Crippen molar-refractivity contribution in [2.45, 2.75) is 37.6 Å². The van der Waals surface area contributed by atoms with Crippen LogP contribution < -0.4 is 4.80 Å². The number of hydrogen-bond donors (Lipinski definition) is 0. The van der Waals surface area contributed by atoms with Gasteiger partial charge in [0.2, 0.25) is 4.80 Å². The van der Waals surface area contributed by atoms with Gasteiger partial charge in [0, 0.05) is 32.7 Å². The molecule has 4 rings (SSSR count). The molecule has 1 aromatic heterocycles. The molecule has 0 atom stereocenters. The summed E-state index contributed by atoms with van der Waals surface area (Å²) >= 11 is 26.5. The first-order valence-electron chi connectivity index (χ1n) is 9.38. The summed E-state index contributed by atoms with van der Waals surface area (Å²) in [4.78, 5) is 6.07. The molecule has 0 unspecified atom stereocenters. The topological polar surface area (TPSA) is 30.2 Å². The van der Waals surface area contributed by atoms with Gasteiger partial charge in [0.05, 0.1) is 5.54 Å². The zero-order valence-electron chi connectivity index (χ0n) is 15.8. The minimum absolute atomic E-state index is 0.347. The number of halogens is 4. The Morgan fingerprint density at radius 3 is 2.00 bits per heavy atom. The normalized spacial score (nSPS) is 16.9. The van der Waals surface area contributed by atoms with Crippen molar-refractivity contribution in [3.8, 4) is 10.6 Å². The third kappa shape index (κ3) is 4.67. The molecule has 0 spiro atoms. The summed E-state index contributed by atoms with van der Waals surface area (Å²) in [6.45, 7) is 0. The van der Waals surface area contributed by atoms with Crippen molar-refractivity contribution in [3.63, 3.8) is 0 Å². The second kappa shape index (κ2) is 8.60. The predicted molar refractivity (Wildman–Crippen MR) is 123 cm³/mol. The summed E-state index contributed by atoms with van der Waals surface area (Å²) in [5.74, 6) is 0. The first-order valence-corrected chi connectivity index (χ1v) is 11.7. The third-order valence-electron chi connectivity index (χ3n) is 5.21. The van der Waals surface area contributed by atoms with Crippen LogP contribution in [0, 0.1) is 0 Å². The van der Waals surface area contributed by atoms with E-state index in [9.17, 15) is 0 Å². The summed E-state index contributed by atoms with van der Waals surface area (Å²) in [6.07, 6.45) is 5.37. The zero-order valence-corrected chi connectivity index (χ0v) is 19.6. The van der Waals surface area contributed by atoms with Crippen molar-refractivity contribution >= 4 is 57.7 Å². The second-order valence-corrected chi connectivity index (χ2v) is 10.0. The largest absolute Gasteiger partial charge is 0.246 e. The summed E-state index contributed by atoms with van der Waals surface area (Å²) < 4.78 is 1.82. The van der Waals surface area contributed by atoms with E-state index in [0.29, 0.717) is 20.1 Å². The van der Waals surface area contributed by atoms with Gasteiger partial charge in [-0.2, -0.15) is 5.10 Å². The van der Waals surface area contributed by atoms with Gasteiger partial charge in [0.25, 0.3) is 0 Å². The van der Waals surface area contributed by atoms with Gasteiger partial charge in [-0.05, 0) is 54.8 Å². The van der Waals surface area contributed by atoms with E-state index in [1.54, 1.807) is 12.1 Å². The lowest BCUT2D eigenvalue weighted by Gasteiger charge is -2.34. The highest BCUT2D eigenvalue weighted by Crippen LogP contribution is 2.42. The highest BCUT2D eigenvalue weighted by Gasteiger charge is 2.34. The Bertz CT molecular complexity index is 1070. The van der Waals surface area contributed by atoms with E-state index >= 15 is 0 Å². The fourth-order valence-electron chi connectivity index (χ4n) is 3.85. The minimum Gasteiger partial charge on any atom is -0.246 e. The summed E-state index contributed by atoms with van der Waals surface area (Å²) in [6, 6.07) is 11.2. The maximum atomic E-state index is 6.31. The molecular formula is C21H19Cl4N3S. The van der Waals surface area contributed by atoms with Crippen LogP contribution in [0.5, 0.6) is 0 Å². The van der Waals surface area contributed by atoms with Crippen LogP contribution >= 0.6 is 57.7 Å². The Hall–Kier alpha value is -1.04. The minimum atomic E-state index is -0.347. The molecule has 0 bridgehead atoms. The molecule has 3 nitrogen and oxygen atoms in total. The van der Waals surface area contributed by atoms with E-state index in [-0.39, 0.29) is 5.54 Å². The van der Waals surface area contributed by atoms with Crippen molar-refractivity contribution in [3.05, 3.63) is 66.9 Å². The molecule has 0 aliphatic heterocycles. The Balaban J connectivity index is 1.84. The van der Waals surface area contributed by atoms with Gasteiger partial charge in [-0.15, -0.1) is 0 Å². The zero-order chi connectivity index (χ0) is 20.6. The van der Waals surface area contributed by atoms with Gasteiger partial charge in [-0.3, -0.25) is 0 Å². The van der Waals surface area contributed by atoms with Crippen LogP contribution in [0.3, 0.4) is 0 Å². The number of aryl methyl sites for hydroxylation is 1. The maximum absolute atomic E-state index is 6.31. The van der Waals surface area contributed by atoms with Crippen LogP contribution in [-0.2, 0) is 12.6 Å². The van der Waals surface area contributed by atoms with Gasteiger partial charge in [-0.25, -0.2) is 9.67 Å². The van der Waals surface area contributed by atoms with Crippen LogP contribution in [0.4, 0.5) is 0 Å². The Morgan fingerprint density at radius 1 is 0.862 bits per heavy atom. The van der Waals surface area contributed by atoms with Crippen molar-refractivity contribution in [2.24, 2.45) is 12.0 Å². The fraction of sp³-hybridized carbons (Fsp3) is 0.333. The molecule has 1 aliphatic rings. The quantitative estimate of drug-likeness (QED) is 0.376. The van der Waals surface area contributed by atoms with Crippen molar-refractivity contribution in [1.82, 2.24) is 9.78 Å². The number of aromatic nitrogens is 2. The average Bonchev–Trinajstić information content (AvgIpc) is 3.01. The number of benzene rings is 2. The molecule has 0 N–H and O–H groups in total. The standard InChI is InChI=1S/C21H19Cl4N3S/c1-28-20(29-19(27-28)13-7-15(22)11-16(23)8-13)26-21(5-3-2-4-6-21)14-9-17(24)12-18(25)10-14/h7-12H,2-6H2,1H3. The van der Waals surface area contributed by atoms with Gasteiger partial charge in [0.1, 0.15) is 5.01 Å². The second-order valence-electron chi connectivity index (χ2n) is 7.33. The van der Waals surface area contributed by atoms with Crippen LogP contribution in [0.25, 0.3) is 10.6 Å². The van der Waals surface area contributed by atoms with E-state index in [1.165, 1.54) is 17.8 Å². The lowest BCUT2D eigenvalue weighted by atomic mass is 9.77. The predicted octanol–water partition coefficient (Wildman–Crippen LogP) is 7.52. The molecule has 1 heterocycles. The van der Waals surface area contributed by atoms with Gasteiger partial charge < -0.3 is 0 Å². The molecule has 152 valence electrons. The molecule has 2 aromatic carbocycles. The lowest BCUT2D eigenvalue weighted by molar-refractivity contribution is 0.296. The van der Waals surface area contributed by atoms with Gasteiger partial charge in [0.15, 0.2) is 0 Å². The molecule has 8 heteroatoms. The van der Waals surface area contributed by atoms with Crippen LogP contribution in [0.2, 0.25) is 20.1 Å². The van der Waals surface area contributed by atoms with Crippen molar-refractivity contribution in [2.75, 3.05) is 0 Å². The molecular weight excluding hydrogens is 468 g/mol. The number of hydrogen-bond acceptors (Lipinski definition) is 3. The third-order valence-corrected chi connectivity index (χ3v) is 7.13. The summed E-state index contributed by atoms with van der Waals surface area (Å²) in [5.41, 5.74) is 1.60. The van der Waals surface area contributed by atoms with E-state index < -0.39 is 0 Å². The lowest BCUT2D eigenvalue weighted by Crippen LogP contribution is -2.30. The summed E-state index contributed by atoms with van der Waals surface area (Å²) in [5, 5.41) is 7.92. The van der Waals surface area contributed by atoms with E-state index in [1.807, 2.05) is 36.0 Å².